The smallest absolute Gasteiger partial charge is 0.287 e. The van der Waals surface area contributed by atoms with E-state index in [1.54, 1.807) is 19.3 Å². The van der Waals surface area contributed by atoms with E-state index < -0.39 is 5.91 Å². The molecule has 1 aliphatic rings. The molecule has 1 fully saturated rings. The first-order valence-corrected chi connectivity index (χ1v) is 8.01. The van der Waals surface area contributed by atoms with Crippen LogP contribution < -0.4 is 10.7 Å². The fraction of sp³-hybridized carbons (Fsp3) is 0.389. The summed E-state index contributed by atoms with van der Waals surface area (Å²) in [5.41, 5.74) is 0.802. The number of hydrogen-bond donors (Lipinski definition) is 2. The number of amides is 1. The number of aromatic nitrogens is 1. The van der Waals surface area contributed by atoms with Gasteiger partial charge in [-0.05, 0) is 49.8 Å². The van der Waals surface area contributed by atoms with Gasteiger partial charge in [-0.25, -0.2) is 0 Å². The third-order valence-electron chi connectivity index (χ3n) is 4.35. The number of carbonyl (C=O) groups is 1. The van der Waals surface area contributed by atoms with Gasteiger partial charge >= 0.3 is 0 Å². The van der Waals surface area contributed by atoms with Crippen molar-refractivity contribution >= 4 is 5.91 Å². The summed E-state index contributed by atoms with van der Waals surface area (Å²) in [4.78, 5) is 28.0. The molecule has 0 unspecified atom stereocenters. The molecule has 0 spiro atoms. The highest BCUT2D eigenvalue weighted by Gasteiger charge is 2.35. The first-order chi connectivity index (χ1) is 11.5. The third-order valence-corrected chi connectivity index (χ3v) is 4.35. The summed E-state index contributed by atoms with van der Waals surface area (Å²) in [5.74, 6) is 0.210. The van der Waals surface area contributed by atoms with E-state index in [1.165, 1.54) is 12.1 Å². The second kappa shape index (κ2) is 6.97. The van der Waals surface area contributed by atoms with Crippen molar-refractivity contribution in [2.24, 2.45) is 5.92 Å². The molecular formula is C18H20N2O4. The quantitative estimate of drug-likeness (QED) is 0.867. The van der Waals surface area contributed by atoms with E-state index in [-0.39, 0.29) is 29.3 Å². The molecule has 0 bridgehead atoms. The maximum atomic E-state index is 12.5. The Hall–Kier alpha value is -2.47. The molecule has 0 saturated heterocycles. The molecule has 24 heavy (non-hydrogen) atoms. The van der Waals surface area contributed by atoms with Crippen molar-refractivity contribution in [3.05, 3.63) is 64.0 Å². The molecule has 2 N–H and O–H groups in total. The lowest BCUT2D eigenvalue weighted by Crippen LogP contribution is -2.48. The minimum atomic E-state index is -0.406. The summed E-state index contributed by atoms with van der Waals surface area (Å²) < 4.78 is 5.35. The Kier molecular flexibility index (Phi) is 4.76. The fourth-order valence-electron chi connectivity index (χ4n) is 3.02. The van der Waals surface area contributed by atoms with Crippen LogP contribution in [0.25, 0.3) is 0 Å². The predicted molar refractivity (Wildman–Crippen MR) is 87.6 cm³/mol. The average Bonchev–Trinajstić information content (AvgIpc) is 2.51. The van der Waals surface area contributed by atoms with E-state index in [1.807, 2.05) is 12.1 Å². The number of pyridine rings is 1. The number of carbonyl (C=O) groups excluding carboxylic acids is 1. The number of nitrogens with one attached hydrogen (secondary N) is 1. The van der Waals surface area contributed by atoms with Crippen LogP contribution in [0.4, 0.5) is 0 Å². The second-order valence-electron chi connectivity index (χ2n) is 6.29. The zero-order chi connectivity index (χ0) is 17.1. The first-order valence-electron chi connectivity index (χ1n) is 8.01. The number of aryl methyl sites for hydroxylation is 1. The lowest BCUT2D eigenvalue weighted by molar-refractivity contribution is 0.0236. The number of aliphatic hydroxyl groups excluding tert-OH is 1. The van der Waals surface area contributed by atoms with Gasteiger partial charge in [0, 0.05) is 30.6 Å². The van der Waals surface area contributed by atoms with Crippen LogP contribution in [0, 0.1) is 12.8 Å². The third kappa shape index (κ3) is 3.89. The number of rotatable bonds is 5. The summed E-state index contributed by atoms with van der Waals surface area (Å²) in [5, 5.41) is 12.5. The van der Waals surface area contributed by atoms with Gasteiger partial charge in [-0.1, -0.05) is 0 Å². The van der Waals surface area contributed by atoms with Gasteiger partial charge in [0.15, 0.2) is 11.2 Å². The van der Waals surface area contributed by atoms with Crippen LogP contribution in [0.3, 0.4) is 0 Å². The lowest BCUT2D eigenvalue weighted by atomic mass is 9.75. The van der Waals surface area contributed by atoms with Crippen LogP contribution in [0.15, 0.2) is 45.9 Å². The van der Waals surface area contributed by atoms with Crippen molar-refractivity contribution in [2.45, 2.75) is 38.3 Å². The Morgan fingerprint density at radius 2 is 2.08 bits per heavy atom. The largest absolute Gasteiger partial charge is 0.456 e. The molecule has 2 heterocycles. The standard InChI is InChI=1S/C18H20N2O4/c1-11-6-14(21)10-17(24-11)18(23)20-16(13-8-15(22)9-13)7-12-2-4-19-5-3-12/h2-6,10,13,15-16,22H,7-9H2,1H3,(H,20,23)/t13?,15?,16-/m0/s1. The van der Waals surface area contributed by atoms with Gasteiger partial charge < -0.3 is 14.8 Å². The number of aliphatic hydroxyl groups is 1. The molecule has 0 aromatic carbocycles. The Bertz CT molecular complexity index is 766. The van der Waals surface area contributed by atoms with Gasteiger partial charge in [0.1, 0.15) is 5.76 Å². The molecule has 6 nitrogen and oxygen atoms in total. The molecule has 1 saturated carbocycles. The van der Waals surface area contributed by atoms with Crippen molar-refractivity contribution in [1.29, 1.82) is 0 Å². The Labute approximate surface area is 139 Å². The summed E-state index contributed by atoms with van der Waals surface area (Å²) in [6.45, 7) is 1.63. The van der Waals surface area contributed by atoms with Crippen LogP contribution in [-0.2, 0) is 6.42 Å². The molecule has 0 aliphatic heterocycles. The van der Waals surface area contributed by atoms with Crippen molar-refractivity contribution < 1.29 is 14.3 Å². The molecule has 1 amide bonds. The van der Waals surface area contributed by atoms with Crippen molar-refractivity contribution in [3.8, 4) is 0 Å². The molecular weight excluding hydrogens is 308 g/mol. The van der Waals surface area contributed by atoms with E-state index in [9.17, 15) is 14.7 Å². The molecule has 1 atom stereocenters. The molecule has 6 heteroatoms. The van der Waals surface area contributed by atoms with Crippen LogP contribution in [0.5, 0.6) is 0 Å². The van der Waals surface area contributed by atoms with E-state index >= 15 is 0 Å². The zero-order valence-electron chi connectivity index (χ0n) is 13.4. The lowest BCUT2D eigenvalue weighted by Gasteiger charge is -2.38. The molecule has 2 aromatic rings. The Balaban J connectivity index is 1.75. The van der Waals surface area contributed by atoms with Gasteiger partial charge in [-0.2, -0.15) is 0 Å². The highest BCUT2D eigenvalue weighted by Crippen LogP contribution is 2.31. The topological polar surface area (TPSA) is 92.4 Å². The van der Waals surface area contributed by atoms with Crippen LogP contribution in [0.1, 0.15) is 34.7 Å². The fourth-order valence-corrected chi connectivity index (χ4v) is 3.02. The number of hydrogen-bond acceptors (Lipinski definition) is 5. The van der Waals surface area contributed by atoms with E-state index in [0.29, 0.717) is 25.0 Å². The van der Waals surface area contributed by atoms with Crippen LogP contribution in [-0.4, -0.2) is 28.1 Å². The summed E-state index contributed by atoms with van der Waals surface area (Å²) in [6, 6.07) is 6.21. The average molecular weight is 328 g/mol. The Morgan fingerprint density at radius 1 is 1.38 bits per heavy atom. The summed E-state index contributed by atoms with van der Waals surface area (Å²) >= 11 is 0. The number of nitrogens with zero attached hydrogens (tertiary/aromatic N) is 1. The predicted octanol–water partition coefficient (Wildman–Crippen LogP) is 1.46. The summed E-state index contributed by atoms with van der Waals surface area (Å²) in [6.07, 6.45) is 5.08. The monoisotopic (exact) mass is 328 g/mol. The van der Waals surface area contributed by atoms with Crippen LogP contribution in [0.2, 0.25) is 0 Å². The summed E-state index contributed by atoms with van der Waals surface area (Å²) in [7, 11) is 0. The normalized spacial score (nSPS) is 20.9. The van der Waals surface area contributed by atoms with E-state index in [4.69, 9.17) is 4.42 Å². The molecule has 3 rings (SSSR count). The highest BCUT2D eigenvalue weighted by atomic mass is 16.3. The first kappa shape index (κ1) is 16.4. The maximum absolute atomic E-state index is 12.5. The SMILES string of the molecule is Cc1cc(=O)cc(C(=O)N[C@@H](Cc2ccncc2)C2CC(O)C2)o1. The zero-order valence-corrected chi connectivity index (χ0v) is 13.4. The minimum Gasteiger partial charge on any atom is -0.456 e. The van der Waals surface area contributed by atoms with Crippen molar-refractivity contribution in [3.63, 3.8) is 0 Å². The van der Waals surface area contributed by atoms with Gasteiger partial charge in [0.2, 0.25) is 0 Å². The Morgan fingerprint density at radius 3 is 2.71 bits per heavy atom. The van der Waals surface area contributed by atoms with Crippen molar-refractivity contribution in [2.75, 3.05) is 0 Å². The van der Waals surface area contributed by atoms with Gasteiger partial charge in [-0.15, -0.1) is 0 Å². The maximum Gasteiger partial charge on any atom is 0.287 e. The van der Waals surface area contributed by atoms with E-state index in [0.717, 1.165) is 5.56 Å². The molecule has 2 aromatic heterocycles. The van der Waals surface area contributed by atoms with Gasteiger partial charge in [0.05, 0.1) is 6.10 Å². The molecule has 1 aliphatic carbocycles. The van der Waals surface area contributed by atoms with Crippen molar-refractivity contribution in [1.82, 2.24) is 10.3 Å². The van der Waals surface area contributed by atoms with Crippen LogP contribution >= 0.6 is 0 Å². The van der Waals surface area contributed by atoms with Gasteiger partial charge in [0.25, 0.3) is 5.91 Å². The van der Waals surface area contributed by atoms with Gasteiger partial charge in [-0.3, -0.25) is 14.6 Å². The second-order valence-corrected chi connectivity index (χ2v) is 6.29. The molecule has 126 valence electrons. The molecule has 0 radical (unpaired) electrons. The highest BCUT2D eigenvalue weighted by molar-refractivity contribution is 5.91. The minimum absolute atomic E-state index is 0.0135. The van der Waals surface area contributed by atoms with E-state index in [2.05, 4.69) is 10.3 Å².